The number of rotatable bonds is 13. The van der Waals surface area contributed by atoms with Gasteiger partial charge in [0.1, 0.15) is 11.0 Å². The number of aliphatic hydroxyl groups is 1. The predicted octanol–water partition coefficient (Wildman–Crippen LogP) is 9.30. The fraction of sp³-hybridized carbons (Fsp3) is 0.333. The molecule has 0 fully saturated rings. The van der Waals surface area contributed by atoms with Crippen molar-refractivity contribution < 1.29 is 5.11 Å². The molecule has 0 atom stereocenters. The molecule has 8 aromatic rings. The number of imidazole rings is 2. The third-order valence-electron chi connectivity index (χ3n) is 10.3. The van der Waals surface area contributed by atoms with Crippen LogP contribution >= 0.6 is 0 Å². The Morgan fingerprint density at radius 3 is 1.69 bits per heavy atom. The average Bonchev–Trinajstić information content (AvgIpc) is 3.77. The fourth-order valence-corrected chi connectivity index (χ4v) is 7.83. The molecular formula is C48H58N10O. The Bertz CT molecular complexity index is 2620. The van der Waals surface area contributed by atoms with E-state index in [2.05, 4.69) is 149 Å². The Morgan fingerprint density at radius 2 is 1.17 bits per heavy atom. The zero-order chi connectivity index (χ0) is 41.8. The highest BCUT2D eigenvalue weighted by Gasteiger charge is 2.25. The minimum absolute atomic E-state index is 0.421. The standard InChI is InChI=1S/C30H33N5.C18H25N5O/c1-22(2)19-35-28-25-17-11-12-18-26(25)31-29(27(28)32-30(35)33(3)4)34(20-23-13-7-5-8-14-23)21-24-15-9-6-10-16-24;1-5-10-22(4)17-21-14-15(23(17)11-18(2,3)24)12-8-6-7-9-13(12)20-16(14)19/h5-18,22H,19-21H2,1-4H3;6-9,24H,5,10-11H2,1-4H3,(H2,19,20). The second-order valence-electron chi connectivity index (χ2n) is 16.7. The molecule has 306 valence electrons. The minimum Gasteiger partial charge on any atom is -0.389 e. The largest absolute Gasteiger partial charge is 0.389 e. The molecule has 4 heterocycles. The second kappa shape index (κ2) is 17.3. The van der Waals surface area contributed by atoms with Crippen molar-refractivity contribution in [2.24, 2.45) is 5.92 Å². The van der Waals surface area contributed by atoms with E-state index >= 15 is 0 Å². The van der Waals surface area contributed by atoms with E-state index in [0.717, 1.165) is 88.7 Å². The summed E-state index contributed by atoms with van der Waals surface area (Å²) in [6, 6.07) is 37.6. The van der Waals surface area contributed by atoms with Crippen molar-refractivity contribution >= 4 is 67.4 Å². The molecule has 0 radical (unpaired) electrons. The van der Waals surface area contributed by atoms with E-state index in [1.807, 2.05) is 31.3 Å². The maximum atomic E-state index is 10.4. The van der Waals surface area contributed by atoms with E-state index in [4.69, 9.17) is 20.7 Å². The van der Waals surface area contributed by atoms with Gasteiger partial charge in [-0.2, -0.15) is 0 Å². The van der Waals surface area contributed by atoms with Crippen molar-refractivity contribution in [3.63, 3.8) is 0 Å². The van der Waals surface area contributed by atoms with Gasteiger partial charge in [0.2, 0.25) is 11.9 Å². The maximum absolute atomic E-state index is 10.4. The summed E-state index contributed by atoms with van der Waals surface area (Å²) in [6.07, 6.45) is 1.01. The number of aromatic nitrogens is 6. The lowest BCUT2D eigenvalue weighted by atomic mass is 10.1. The fourth-order valence-electron chi connectivity index (χ4n) is 7.83. The van der Waals surface area contributed by atoms with Gasteiger partial charge in [-0.05, 0) is 49.4 Å². The molecule has 0 spiro atoms. The Labute approximate surface area is 347 Å². The Kier molecular flexibility index (Phi) is 12.0. The average molecular weight is 791 g/mol. The van der Waals surface area contributed by atoms with E-state index in [1.54, 1.807) is 13.8 Å². The number of benzene rings is 4. The normalized spacial score (nSPS) is 11.8. The van der Waals surface area contributed by atoms with Crippen LogP contribution < -0.4 is 20.4 Å². The van der Waals surface area contributed by atoms with Gasteiger partial charge in [0.15, 0.2) is 11.6 Å². The lowest BCUT2D eigenvalue weighted by Crippen LogP contribution is -2.29. The van der Waals surface area contributed by atoms with E-state index in [0.29, 0.717) is 23.8 Å². The maximum Gasteiger partial charge on any atom is 0.206 e. The molecule has 11 nitrogen and oxygen atoms in total. The summed E-state index contributed by atoms with van der Waals surface area (Å²) in [5, 5.41) is 12.6. The highest BCUT2D eigenvalue weighted by atomic mass is 16.3. The summed E-state index contributed by atoms with van der Waals surface area (Å²) in [4.78, 5) is 26.2. The van der Waals surface area contributed by atoms with Crippen LogP contribution in [0, 0.1) is 5.92 Å². The summed E-state index contributed by atoms with van der Waals surface area (Å²) in [5.74, 6) is 3.61. The van der Waals surface area contributed by atoms with Crippen LogP contribution in [0.25, 0.3) is 43.9 Å². The molecule has 0 saturated carbocycles. The number of anilines is 4. The number of nitrogen functional groups attached to an aromatic ring is 1. The first kappa shape index (κ1) is 41.0. The molecule has 0 unspecified atom stereocenters. The molecule has 4 aromatic heterocycles. The van der Waals surface area contributed by atoms with Crippen LogP contribution in [0.1, 0.15) is 52.2 Å². The molecule has 0 aliphatic rings. The van der Waals surface area contributed by atoms with Crippen molar-refractivity contribution in [1.82, 2.24) is 29.1 Å². The quantitative estimate of drug-likeness (QED) is 0.118. The first-order chi connectivity index (χ1) is 28.3. The molecule has 11 heteroatoms. The van der Waals surface area contributed by atoms with Crippen LogP contribution in [0.3, 0.4) is 0 Å². The van der Waals surface area contributed by atoms with Gasteiger partial charge < -0.3 is 34.7 Å². The van der Waals surface area contributed by atoms with Gasteiger partial charge in [-0.25, -0.2) is 19.9 Å². The van der Waals surface area contributed by atoms with Crippen LogP contribution in [0.4, 0.5) is 23.5 Å². The number of hydrogen-bond donors (Lipinski definition) is 2. The lowest BCUT2D eigenvalue weighted by Gasteiger charge is -2.25. The first-order valence-corrected chi connectivity index (χ1v) is 20.6. The number of fused-ring (bicyclic) bond motifs is 6. The third kappa shape index (κ3) is 8.95. The van der Waals surface area contributed by atoms with E-state index < -0.39 is 5.60 Å². The van der Waals surface area contributed by atoms with Gasteiger partial charge in [-0.3, -0.25) is 0 Å². The number of nitrogens with zero attached hydrogens (tertiary/aromatic N) is 9. The highest BCUT2D eigenvalue weighted by molar-refractivity contribution is 6.08. The van der Waals surface area contributed by atoms with Crippen LogP contribution in [0.15, 0.2) is 109 Å². The van der Waals surface area contributed by atoms with Crippen LogP contribution in [0.5, 0.6) is 0 Å². The molecule has 59 heavy (non-hydrogen) atoms. The number of pyridine rings is 2. The van der Waals surface area contributed by atoms with E-state index in [1.165, 1.54) is 11.1 Å². The van der Waals surface area contributed by atoms with Crippen molar-refractivity contribution in [2.75, 3.05) is 48.1 Å². The summed E-state index contributed by atoms with van der Waals surface area (Å²) in [6.45, 7) is 14.0. The van der Waals surface area contributed by atoms with Gasteiger partial charge in [0.25, 0.3) is 0 Å². The Balaban J connectivity index is 0.000000192. The smallest absolute Gasteiger partial charge is 0.206 e. The zero-order valence-corrected chi connectivity index (χ0v) is 35.8. The Morgan fingerprint density at radius 1 is 0.661 bits per heavy atom. The molecule has 0 bridgehead atoms. The molecule has 4 aromatic carbocycles. The van der Waals surface area contributed by atoms with E-state index in [9.17, 15) is 5.11 Å². The summed E-state index contributed by atoms with van der Waals surface area (Å²) < 4.78 is 4.43. The monoisotopic (exact) mass is 790 g/mol. The molecule has 0 amide bonds. The summed E-state index contributed by atoms with van der Waals surface area (Å²) in [5.41, 5.74) is 13.4. The Hall–Kier alpha value is -6.20. The molecular weight excluding hydrogens is 733 g/mol. The summed E-state index contributed by atoms with van der Waals surface area (Å²) in [7, 11) is 6.15. The number of para-hydroxylation sites is 2. The molecule has 0 aliphatic carbocycles. The summed E-state index contributed by atoms with van der Waals surface area (Å²) >= 11 is 0. The van der Waals surface area contributed by atoms with Crippen LogP contribution in [-0.4, -0.2) is 67.5 Å². The highest BCUT2D eigenvalue weighted by Crippen LogP contribution is 2.36. The van der Waals surface area contributed by atoms with Crippen molar-refractivity contribution in [1.29, 1.82) is 0 Å². The topological polar surface area (TPSA) is 117 Å². The lowest BCUT2D eigenvalue weighted by molar-refractivity contribution is 0.0631. The number of hydrogen-bond acceptors (Lipinski definition) is 9. The molecule has 8 rings (SSSR count). The van der Waals surface area contributed by atoms with Gasteiger partial charge in [-0.1, -0.05) is 118 Å². The first-order valence-electron chi connectivity index (χ1n) is 20.6. The SMILES string of the molecule is CC(C)Cn1c(N(C)C)nc2c(N(Cc3ccccc3)Cc3ccccc3)nc3ccccc3c21.CCCN(C)c1nc2c(N)nc3ccccc3c2n1CC(C)(C)O. The van der Waals surface area contributed by atoms with E-state index in [-0.39, 0.29) is 0 Å². The van der Waals surface area contributed by atoms with Crippen LogP contribution in [0.2, 0.25) is 0 Å². The van der Waals surface area contributed by atoms with Crippen molar-refractivity contribution in [3.05, 3.63) is 120 Å². The van der Waals surface area contributed by atoms with Gasteiger partial charge in [0, 0.05) is 58.1 Å². The van der Waals surface area contributed by atoms with Gasteiger partial charge >= 0.3 is 0 Å². The predicted molar refractivity (Wildman–Crippen MR) is 246 cm³/mol. The second-order valence-corrected chi connectivity index (χ2v) is 16.7. The number of nitrogens with two attached hydrogens (primary N) is 1. The van der Waals surface area contributed by atoms with Crippen molar-refractivity contribution in [2.45, 2.75) is 72.8 Å². The minimum atomic E-state index is -0.866. The van der Waals surface area contributed by atoms with Crippen molar-refractivity contribution in [3.8, 4) is 0 Å². The third-order valence-corrected chi connectivity index (χ3v) is 10.3. The van der Waals surface area contributed by atoms with Gasteiger partial charge in [0.05, 0.1) is 34.2 Å². The molecule has 3 N–H and O–H groups in total. The zero-order valence-electron chi connectivity index (χ0n) is 35.8. The molecule has 0 saturated heterocycles. The van der Waals surface area contributed by atoms with Crippen LogP contribution in [-0.2, 0) is 26.2 Å². The molecule has 0 aliphatic heterocycles. The van der Waals surface area contributed by atoms with Gasteiger partial charge in [-0.15, -0.1) is 0 Å².